The Morgan fingerprint density at radius 3 is 2.96 bits per heavy atom. The predicted octanol–water partition coefficient (Wildman–Crippen LogP) is 3.74. The standard InChI is InChI=1S/C19H23FN2O/c1-2-16(22-13-15-5-3-4-6-17(15)20)11-14-7-8-19-18(12-14)21-9-10-23-19/h3-8,12,16,21-22H,2,9-11,13H2,1H3. The summed E-state index contributed by atoms with van der Waals surface area (Å²) >= 11 is 0. The molecule has 0 amide bonds. The summed E-state index contributed by atoms with van der Waals surface area (Å²) < 4.78 is 19.3. The van der Waals surface area contributed by atoms with E-state index in [0.717, 1.165) is 30.8 Å². The lowest BCUT2D eigenvalue weighted by atomic mass is 10.0. The maximum atomic E-state index is 13.7. The Hall–Kier alpha value is -2.07. The molecule has 1 aliphatic heterocycles. The Balaban J connectivity index is 1.62. The molecule has 0 aromatic heterocycles. The molecule has 0 fully saturated rings. The zero-order valence-electron chi connectivity index (χ0n) is 13.4. The highest BCUT2D eigenvalue weighted by molar-refractivity contribution is 5.59. The van der Waals surface area contributed by atoms with Gasteiger partial charge in [0.2, 0.25) is 0 Å². The second-order valence-electron chi connectivity index (χ2n) is 5.89. The van der Waals surface area contributed by atoms with Crippen LogP contribution in [0.4, 0.5) is 10.1 Å². The summed E-state index contributed by atoms with van der Waals surface area (Å²) in [6.45, 7) is 4.27. The van der Waals surface area contributed by atoms with Crippen molar-refractivity contribution in [3.63, 3.8) is 0 Å². The quantitative estimate of drug-likeness (QED) is 0.852. The fraction of sp³-hybridized carbons (Fsp3) is 0.368. The lowest BCUT2D eigenvalue weighted by Gasteiger charge is -2.21. The average Bonchev–Trinajstić information content (AvgIpc) is 2.59. The molecule has 3 nitrogen and oxygen atoms in total. The van der Waals surface area contributed by atoms with Gasteiger partial charge in [-0.3, -0.25) is 0 Å². The van der Waals surface area contributed by atoms with E-state index in [9.17, 15) is 4.39 Å². The van der Waals surface area contributed by atoms with E-state index in [0.29, 0.717) is 24.8 Å². The van der Waals surface area contributed by atoms with E-state index in [1.54, 1.807) is 6.07 Å². The summed E-state index contributed by atoms with van der Waals surface area (Å²) in [6.07, 6.45) is 1.91. The molecule has 2 aromatic rings. The average molecular weight is 314 g/mol. The maximum Gasteiger partial charge on any atom is 0.142 e. The van der Waals surface area contributed by atoms with Gasteiger partial charge in [0.25, 0.3) is 0 Å². The van der Waals surface area contributed by atoms with Crippen molar-refractivity contribution in [3.05, 3.63) is 59.4 Å². The van der Waals surface area contributed by atoms with E-state index in [-0.39, 0.29) is 5.82 Å². The molecule has 1 heterocycles. The Morgan fingerprint density at radius 1 is 1.26 bits per heavy atom. The lowest BCUT2D eigenvalue weighted by molar-refractivity contribution is 0.323. The van der Waals surface area contributed by atoms with Gasteiger partial charge in [-0.05, 0) is 36.6 Å². The third kappa shape index (κ3) is 4.02. The van der Waals surface area contributed by atoms with Crippen LogP contribution in [0, 0.1) is 5.82 Å². The van der Waals surface area contributed by atoms with Crippen LogP contribution < -0.4 is 15.4 Å². The molecule has 0 bridgehead atoms. The summed E-state index contributed by atoms with van der Waals surface area (Å²) in [5.41, 5.74) is 3.04. The molecule has 2 aromatic carbocycles. The molecule has 0 saturated carbocycles. The fourth-order valence-corrected chi connectivity index (χ4v) is 2.86. The van der Waals surface area contributed by atoms with Crippen LogP contribution >= 0.6 is 0 Å². The van der Waals surface area contributed by atoms with Crippen LogP contribution in [0.5, 0.6) is 5.75 Å². The topological polar surface area (TPSA) is 33.3 Å². The molecule has 1 atom stereocenters. The molecule has 0 aliphatic carbocycles. The third-order valence-electron chi connectivity index (χ3n) is 4.23. The van der Waals surface area contributed by atoms with Crippen LogP contribution in [0.3, 0.4) is 0 Å². The highest BCUT2D eigenvalue weighted by atomic mass is 19.1. The Kier molecular flexibility index (Phi) is 5.13. The van der Waals surface area contributed by atoms with Crippen molar-refractivity contribution in [2.45, 2.75) is 32.4 Å². The number of benzene rings is 2. The minimum Gasteiger partial charge on any atom is -0.490 e. The van der Waals surface area contributed by atoms with E-state index in [2.05, 4.69) is 29.7 Å². The number of halogens is 1. The minimum absolute atomic E-state index is 0.148. The van der Waals surface area contributed by atoms with E-state index in [1.807, 2.05) is 18.2 Å². The van der Waals surface area contributed by atoms with Crippen molar-refractivity contribution in [2.24, 2.45) is 0 Å². The summed E-state index contributed by atoms with van der Waals surface area (Å²) in [5, 5.41) is 6.83. The van der Waals surface area contributed by atoms with Gasteiger partial charge in [0.05, 0.1) is 5.69 Å². The summed E-state index contributed by atoms with van der Waals surface area (Å²) in [5.74, 6) is 0.775. The van der Waals surface area contributed by atoms with Crippen LogP contribution in [0.15, 0.2) is 42.5 Å². The van der Waals surface area contributed by atoms with Crippen LogP contribution in [-0.4, -0.2) is 19.2 Å². The second-order valence-corrected chi connectivity index (χ2v) is 5.89. The van der Waals surface area contributed by atoms with Gasteiger partial charge >= 0.3 is 0 Å². The van der Waals surface area contributed by atoms with Gasteiger partial charge in [-0.15, -0.1) is 0 Å². The normalized spacial score (nSPS) is 14.5. The highest BCUT2D eigenvalue weighted by Crippen LogP contribution is 2.28. The van der Waals surface area contributed by atoms with Gasteiger partial charge in [0.15, 0.2) is 0 Å². The van der Waals surface area contributed by atoms with Crippen molar-refractivity contribution >= 4 is 5.69 Å². The molecule has 0 spiro atoms. The molecule has 23 heavy (non-hydrogen) atoms. The second kappa shape index (κ2) is 7.47. The number of anilines is 1. The number of fused-ring (bicyclic) bond motifs is 1. The van der Waals surface area contributed by atoms with Crippen molar-refractivity contribution in [2.75, 3.05) is 18.5 Å². The van der Waals surface area contributed by atoms with Crippen molar-refractivity contribution in [1.29, 1.82) is 0 Å². The maximum absolute atomic E-state index is 13.7. The first-order valence-electron chi connectivity index (χ1n) is 8.22. The van der Waals surface area contributed by atoms with Gasteiger partial charge in [-0.25, -0.2) is 4.39 Å². The van der Waals surface area contributed by atoms with Crippen LogP contribution in [0.2, 0.25) is 0 Å². The number of ether oxygens (including phenoxy) is 1. The SMILES string of the molecule is CCC(Cc1ccc2c(c1)NCCO2)NCc1ccccc1F. The summed E-state index contributed by atoms with van der Waals surface area (Å²) in [4.78, 5) is 0. The molecular weight excluding hydrogens is 291 g/mol. The predicted molar refractivity (Wildman–Crippen MR) is 91.4 cm³/mol. The molecule has 3 rings (SSSR count). The monoisotopic (exact) mass is 314 g/mol. The number of nitrogens with one attached hydrogen (secondary N) is 2. The van der Waals surface area contributed by atoms with Gasteiger partial charge in [0.1, 0.15) is 18.2 Å². The number of hydrogen-bond donors (Lipinski definition) is 2. The zero-order valence-corrected chi connectivity index (χ0v) is 13.4. The van der Waals surface area contributed by atoms with Crippen LogP contribution in [-0.2, 0) is 13.0 Å². The smallest absolute Gasteiger partial charge is 0.142 e. The molecule has 122 valence electrons. The Morgan fingerprint density at radius 2 is 2.13 bits per heavy atom. The molecule has 0 saturated heterocycles. The van der Waals surface area contributed by atoms with Gasteiger partial charge < -0.3 is 15.4 Å². The Labute approximate surface area is 136 Å². The molecular formula is C19H23FN2O. The lowest BCUT2D eigenvalue weighted by Crippen LogP contribution is -2.30. The van der Waals surface area contributed by atoms with Crippen molar-refractivity contribution < 1.29 is 9.13 Å². The molecule has 1 aliphatic rings. The van der Waals surface area contributed by atoms with E-state index >= 15 is 0 Å². The number of rotatable bonds is 6. The first-order valence-corrected chi connectivity index (χ1v) is 8.22. The van der Waals surface area contributed by atoms with Gasteiger partial charge in [-0.2, -0.15) is 0 Å². The summed E-state index contributed by atoms with van der Waals surface area (Å²) in [6, 6.07) is 13.5. The van der Waals surface area contributed by atoms with Gasteiger partial charge in [0, 0.05) is 24.7 Å². The van der Waals surface area contributed by atoms with Crippen molar-refractivity contribution in [1.82, 2.24) is 5.32 Å². The van der Waals surface area contributed by atoms with Crippen LogP contribution in [0.25, 0.3) is 0 Å². The van der Waals surface area contributed by atoms with Crippen molar-refractivity contribution in [3.8, 4) is 5.75 Å². The molecule has 0 radical (unpaired) electrons. The fourth-order valence-electron chi connectivity index (χ4n) is 2.86. The molecule has 1 unspecified atom stereocenters. The first-order chi connectivity index (χ1) is 11.3. The summed E-state index contributed by atoms with van der Waals surface area (Å²) in [7, 11) is 0. The first kappa shape index (κ1) is 15.8. The minimum atomic E-state index is -0.148. The third-order valence-corrected chi connectivity index (χ3v) is 4.23. The largest absolute Gasteiger partial charge is 0.490 e. The van der Waals surface area contributed by atoms with Gasteiger partial charge in [-0.1, -0.05) is 31.2 Å². The Bertz CT molecular complexity index is 660. The zero-order chi connectivity index (χ0) is 16.1. The molecule has 4 heteroatoms. The van der Waals surface area contributed by atoms with E-state index < -0.39 is 0 Å². The highest BCUT2D eigenvalue weighted by Gasteiger charge is 2.13. The molecule has 2 N–H and O–H groups in total. The van der Waals surface area contributed by atoms with E-state index in [4.69, 9.17) is 4.74 Å². The number of hydrogen-bond acceptors (Lipinski definition) is 3. The van der Waals surface area contributed by atoms with Crippen LogP contribution in [0.1, 0.15) is 24.5 Å². The van der Waals surface area contributed by atoms with E-state index in [1.165, 1.54) is 11.6 Å².